The van der Waals surface area contributed by atoms with Crippen molar-refractivity contribution in [1.29, 1.82) is 0 Å². The van der Waals surface area contributed by atoms with Crippen LogP contribution in [0.4, 0.5) is 17.3 Å². The molecule has 0 aliphatic rings. The Labute approximate surface area is 109 Å². The van der Waals surface area contributed by atoms with E-state index in [1.54, 1.807) is 18.1 Å². The summed E-state index contributed by atoms with van der Waals surface area (Å²) in [5.41, 5.74) is 6.34. The topological polar surface area (TPSA) is 98.2 Å². The fourth-order valence-electron chi connectivity index (χ4n) is 1.64. The first-order valence-corrected chi connectivity index (χ1v) is 5.59. The first-order chi connectivity index (χ1) is 9.06. The van der Waals surface area contributed by atoms with Crippen LogP contribution in [-0.4, -0.2) is 21.9 Å². The van der Waals surface area contributed by atoms with Crippen molar-refractivity contribution in [3.05, 3.63) is 52.3 Å². The Bertz CT molecular complexity index is 588. The minimum atomic E-state index is -0.490. The quantitative estimate of drug-likeness (QED) is 0.661. The Balaban J connectivity index is 2.24. The molecular formula is C12H13N5O2. The van der Waals surface area contributed by atoms with Crippen LogP contribution in [0.2, 0.25) is 0 Å². The Hall–Kier alpha value is -2.70. The number of nitrogen functional groups attached to an aromatic ring is 1. The zero-order valence-corrected chi connectivity index (χ0v) is 10.4. The molecule has 0 bridgehead atoms. The maximum Gasteiger partial charge on any atom is 0.276 e. The van der Waals surface area contributed by atoms with Gasteiger partial charge in [-0.15, -0.1) is 0 Å². The summed E-state index contributed by atoms with van der Waals surface area (Å²) < 4.78 is 0. The van der Waals surface area contributed by atoms with Crippen LogP contribution in [0.1, 0.15) is 5.69 Å². The molecule has 0 unspecified atom stereocenters. The second-order valence-corrected chi connectivity index (χ2v) is 4.04. The largest absolute Gasteiger partial charge is 0.383 e. The van der Waals surface area contributed by atoms with Gasteiger partial charge in [0.05, 0.1) is 29.3 Å². The molecule has 7 heteroatoms. The number of nitro groups is 1. The van der Waals surface area contributed by atoms with Crippen molar-refractivity contribution >= 4 is 17.3 Å². The molecule has 0 aliphatic carbocycles. The van der Waals surface area contributed by atoms with Crippen molar-refractivity contribution in [3.8, 4) is 0 Å². The van der Waals surface area contributed by atoms with Crippen LogP contribution in [0.25, 0.3) is 0 Å². The van der Waals surface area contributed by atoms with Gasteiger partial charge < -0.3 is 10.6 Å². The second-order valence-electron chi connectivity index (χ2n) is 4.04. The van der Waals surface area contributed by atoms with Crippen LogP contribution < -0.4 is 10.6 Å². The van der Waals surface area contributed by atoms with Crippen molar-refractivity contribution < 1.29 is 4.92 Å². The fraction of sp³-hybridized carbons (Fsp3) is 0.167. The van der Waals surface area contributed by atoms with Crippen LogP contribution in [-0.2, 0) is 6.54 Å². The predicted octanol–water partition coefficient (Wildman–Crippen LogP) is 1.60. The third-order valence-electron chi connectivity index (χ3n) is 2.54. The summed E-state index contributed by atoms with van der Waals surface area (Å²) in [6.45, 7) is 0.494. The lowest BCUT2D eigenvalue weighted by atomic mass is 10.3. The number of hydrogen-bond acceptors (Lipinski definition) is 6. The van der Waals surface area contributed by atoms with Gasteiger partial charge in [-0.1, -0.05) is 6.07 Å². The van der Waals surface area contributed by atoms with E-state index in [1.807, 2.05) is 18.2 Å². The third-order valence-corrected chi connectivity index (χ3v) is 2.54. The molecule has 0 aromatic carbocycles. The van der Waals surface area contributed by atoms with E-state index in [0.717, 1.165) is 5.69 Å². The average molecular weight is 259 g/mol. The predicted molar refractivity (Wildman–Crippen MR) is 71.6 cm³/mol. The summed E-state index contributed by atoms with van der Waals surface area (Å²) in [6, 6.07) is 8.20. The average Bonchev–Trinajstić information content (AvgIpc) is 2.39. The van der Waals surface area contributed by atoms with Crippen LogP contribution >= 0.6 is 0 Å². The lowest BCUT2D eigenvalue weighted by molar-refractivity contribution is -0.384. The Morgan fingerprint density at radius 3 is 2.84 bits per heavy atom. The molecule has 0 saturated heterocycles. The highest BCUT2D eigenvalue weighted by Crippen LogP contribution is 2.21. The standard InChI is InChI=1S/C12H13N5O2/c1-16(8-9-4-2-3-5-14-9)12-7-10(17(18)19)6-11(13)15-12/h2-7H,8H2,1H3,(H2,13,15). The van der Waals surface area contributed by atoms with E-state index in [1.165, 1.54) is 12.1 Å². The maximum absolute atomic E-state index is 10.8. The molecule has 2 heterocycles. The van der Waals surface area contributed by atoms with Gasteiger partial charge >= 0.3 is 0 Å². The monoisotopic (exact) mass is 259 g/mol. The summed E-state index contributed by atoms with van der Waals surface area (Å²) in [5, 5.41) is 10.8. The lowest BCUT2D eigenvalue weighted by Crippen LogP contribution is -2.19. The van der Waals surface area contributed by atoms with Crippen molar-refractivity contribution in [2.45, 2.75) is 6.54 Å². The summed E-state index contributed by atoms with van der Waals surface area (Å²) in [7, 11) is 1.78. The minimum absolute atomic E-state index is 0.0737. The van der Waals surface area contributed by atoms with Gasteiger partial charge in [-0.2, -0.15) is 0 Å². The van der Waals surface area contributed by atoms with Gasteiger partial charge in [0.1, 0.15) is 11.6 Å². The number of pyridine rings is 2. The maximum atomic E-state index is 10.8. The number of hydrogen-bond donors (Lipinski definition) is 1. The molecule has 0 spiro atoms. The second kappa shape index (κ2) is 5.30. The SMILES string of the molecule is CN(Cc1ccccn1)c1cc([N+](=O)[O-])cc(N)n1. The van der Waals surface area contributed by atoms with Crippen LogP contribution in [0.3, 0.4) is 0 Å². The molecule has 2 rings (SSSR count). The molecule has 0 atom stereocenters. The van der Waals surface area contributed by atoms with Crippen LogP contribution in [0, 0.1) is 10.1 Å². The van der Waals surface area contributed by atoms with E-state index in [-0.39, 0.29) is 11.5 Å². The molecule has 2 aromatic rings. The lowest BCUT2D eigenvalue weighted by Gasteiger charge is -2.17. The van der Waals surface area contributed by atoms with Gasteiger partial charge in [-0.25, -0.2) is 4.98 Å². The minimum Gasteiger partial charge on any atom is -0.383 e. The number of rotatable bonds is 4. The molecule has 19 heavy (non-hydrogen) atoms. The van der Waals surface area contributed by atoms with E-state index < -0.39 is 4.92 Å². The van der Waals surface area contributed by atoms with E-state index in [2.05, 4.69) is 9.97 Å². The Morgan fingerprint density at radius 2 is 2.21 bits per heavy atom. The zero-order valence-electron chi connectivity index (χ0n) is 10.4. The molecule has 0 amide bonds. The van der Waals surface area contributed by atoms with Crippen LogP contribution in [0.5, 0.6) is 0 Å². The zero-order chi connectivity index (χ0) is 13.8. The van der Waals surface area contributed by atoms with E-state index >= 15 is 0 Å². The highest BCUT2D eigenvalue weighted by Gasteiger charge is 2.13. The molecule has 0 aliphatic heterocycles. The molecule has 7 nitrogen and oxygen atoms in total. The van der Waals surface area contributed by atoms with E-state index in [0.29, 0.717) is 12.4 Å². The van der Waals surface area contributed by atoms with Crippen molar-refractivity contribution in [1.82, 2.24) is 9.97 Å². The molecule has 98 valence electrons. The number of nitrogens with zero attached hydrogens (tertiary/aromatic N) is 4. The van der Waals surface area contributed by atoms with Gasteiger partial charge in [0.25, 0.3) is 5.69 Å². The first-order valence-electron chi connectivity index (χ1n) is 5.59. The van der Waals surface area contributed by atoms with Gasteiger partial charge in [-0.3, -0.25) is 15.1 Å². The first kappa shape index (κ1) is 12.7. The van der Waals surface area contributed by atoms with E-state index in [4.69, 9.17) is 5.73 Å². The molecule has 0 fully saturated rings. The highest BCUT2D eigenvalue weighted by molar-refractivity contribution is 5.53. The van der Waals surface area contributed by atoms with Gasteiger partial charge in [-0.05, 0) is 12.1 Å². The smallest absolute Gasteiger partial charge is 0.276 e. The Morgan fingerprint density at radius 1 is 1.42 bits per heavy atom. The molecule has 2 aromatic heterocycles. The molecular weight excluding hydrogens is 246 g/mol. The van der Waals surface area contributed by atoms with Gasteiger partial charge in [0.15, 0.2) is 0 Å². The van der Waals surface area contributed by atoms with E-state index in [9.17, 15) is 10.1 Å². The molecule has 2 N–H and O–H groups in total. The molecule has 0 radical (unpaired) electrons. The summed E-state index contributed by atoms with van der Waals surface area (Å²) in [5.74, 6) is 0.564. The van der Waals surface area contributed by atoms with Crippen molar-refractivity contribution in [3.63, 3.8) is 0 Å². The number of aromatic nitrogens is 2. The van der Waals surface area contributed by atoms with Gasteiger partial charge in [0, 0.05) is 13.2 Å². The third kappa shape index (κ3) is 3.15. The normalized spacial score (nSPS) is 10.2. The number of nitrogens with two attached hydrogens (primary N) is 1. The molecule has 0 saturated carbocycles. The highest BCUT2D eigenvalue weighted by atomic mass is 16.6. The van der Waals surface area contributed by atoms with Crippen molar-refractivity contribution in [2.75, 3.05) is 17.7 Å². The summed E-state index contributed by atoms with van der Waals surface area (Å²) in [6.07, 6.45) is 1.69. The van der Waals surface area contributed by atoms with Gasteiger partial charge in [0.2, 0.25) is 0 Å². The summed E-state index contributed by atoms with van der Waals surface area (Å²) >= 11 is 0. The van der Waals surface area contributed by atoms with Crippen molar-refractivity contribution in [2.24, 2.45) is 0 Å². The number of anilines is 2. The Kier molecular flexibility index (Phi) is 3.56. The fourth-order valence-corrected chi connectivity index (χ4v) is 1.64. The summed E-state index contributed by atoms with van der Waals surface area (Å²) in [4.78, 5) is 20.3. The van der Waals surface area contributed by atoms with Crippen LogP contribution in [0.15, 0.2) is 36.5 Å².